The van der Waals surface area contributed by atoms with Crippen LogP contribution in [0.2, 0.25) is 0 Å². The van der Waals surface area contributed by atoms with Crippen LogP contribution < -0.4 is 0 Å². The second-order valence-electron chi connectivity index (χ2n) is 5.50. The van der Waals surface area contributed by atoms with Gasteiger partial charge in [0.25, 0.3) is 5.97 Å². The maximum atomic E-state index is 12.0. The molecule has 0 fully saturated rings. The molecule has 0 rings (SSSR count). The molecule has 0 unspecified atom stereocenters. The average Bonchev–Trinajstić information content (AvgIpc) is 2.50. The molecule has 0 bridgehead atoms. The predicted octanol–water partition coefficient (Wildman–Crippen LogP) is 4.61. The van der Waals surface area contributed by atoms with Crippen molar-refractivity contribution in [2.75, 3.05) is 19.8 Å². The highest BCUT2D eigenvalue weighted by Crippen LogP contribution is 2.15. The maximum absolute atomic E-state index is 12.0. The molecule has 0 aliphatic carbocycles. The summed E-state index contributed by atoms with van der Waals surface area (Å²) in [6, 6.07) is 0. The van der Waals surface area contributed by atoms with Crippen molar-refractivity contribution in [3.63, 3.8) is 0 Å². The summed E-state index contributed by atoms with van der Waals surface area (Å²) in [5.74, 6) is -0.280. The molecule has 0 atom stereocenters. The monoisotopic (exact) mass is 348 g/mol. The lowest BCUT2D eigenvalue weighted by Gasteiger charge is -2.25. The van der Waals surface area contributed by atoms with E-state index in [1.807, 2.05) is 20.8 Å². The van der Waals surface area contributed by atoms with Gasteiger partial charge in [-0.15, -0.1) is 0 Å². The molecule has 0 aliphatic heterocycles. The van der Waals surface area contributed by atoms with Gasteiger partial charge in [-0.05, 0) is 27.2 Å². The van der Waals surface area contributed by atoms with Gasteiger partial charge >= 0.3 is 9.05 Å². The van der Waals surface area contributed by atoms with E-state index in [0.29, 0.717) is 26.2 Å². The van der Waals surface area contributed by atoms with Crippen LogP contribution in [0.1, 0.15) is 85.5 Å². The summed E-state index contributed by atoms with van der Waals surface area (Å²) in [5, 5.41) is 0. The average molecular weight is 349 g/mol. The minimum Gasteiger partial charge on any atom is -0.452 e. The predicted molar refractivity (Wildman–Crippen MR) is 94.0 cm³/mol. The Hall–Kier alpha value is -0.433. The Morgan fingerprint density at radius 3 is 1.57 bits per heavy atom. The van der Waals surface area contributed by atoms with Crippen molar-refractivity contribution >= 4 is 15.0 Å². The Balaban J connectivity index is 3.98. The van der Waals surface area contributed by atoms with Crippen LogP contribution in [0.25, 0.3) is 0 Å². The smallest absolute Gasteiger partial charge is 0.452 e. The lowest BCUT2D eigenvalue weighted by Crippen LogP contribution is -2.50. The summed E-state index contributed by atoms with van der Waals surface area (Å²) in [6.45, 7) is 8.94. The fraction of sp³-hybridized carbons (Fsp3) is 0.941. The van der Waals surface area contributed by atoms with E-state index in [0.717, 1.165) is 12.8 Å². The van der Waals surface area contributed by atoms with Crippen LogP contribution in [0.5, 0.6) is 0 Å². The highest BCUT2D eigenvalue weighted by molar-refractivity contribution is 6.55. The first-order chi connectivity index (χ1) is 11.1. The Morgan fingerprint density at radius 1 is 0.696 bits per heavy atom. The molecule has 0 N–H and O–H groups in total. The molecule has 0 aliphatic rings. The van der Waals surface area contributed by atoms with Crippen LogP contribution >= 0.6 is 0 Å². The number of carbonyl (C=O) groups excluding carboxylic acids is 1. The number of carbonyl (C=O) groups is 1. The molecule has 0 saturated heterocycles. The molecule has 6 heteroatoms. The zero-order valence-electron chi connectivity index (χ0n) is 15.5. The molecule has 0 spiro atoms. The lowest BCUT2D eigenvalue weighted by atomic mass is 10.1. The van der Waals surface area contributed by atoms with Gasteiger partial charge in [-0.25, -0.2) is 0 Å². The zero-order chi connectivity index (χ0) is 17.4. The Labute approximate surface area is 143 Å². The maximum Gasteiger partial charge on any atom is 0.751 e. The normalized spacial score (nSPS) is 11.7. The number of rotatable bonds is 16. The molecule has 0 aromatic rings. The fourth-order valence-corrected chi connectivity index (χ4v) is 4.21. The SMILES string of the molecule is CCCCCCCCCCC(=O)O[Si](OCC)(OCC)OCC. The first-order valence-corrected chi connectivity index (χ1v) is 10.9. The molecule has 23 heavy (non-hydrogen) atoms. The highest BCUT2D eigenvalue weighted by atomic mass is 28.4. The topological polar surface area (TPSA) is 54.0 Å². The number of hydrogen-bond acceptors (Lipinski definition) is 5. The van der Waals surface area contributed by atoms with Crippen LogP contribution in [-0.2, 0) is 22.5 Å². The molecular weight excluding hydrogens is 312 g/mol. The lowest BCUT2D eigenvalue weighted by molar-refractivity contribution is -0.144. The van der Waals surface area contributed by atoms with Gasteiger partial charge in [0.1, 0.15) is 0 Å². The second kappa shape index (κ2) is 15.1. The Bertz CT molecular complexity index is 269. The highest BCUT2D eigenvalue weighted by Gasteiger charge is 2.49. The van der Waals surface area contributed by atoms with Crippen LogP contribution in [-0.4, -0.2) is 34.8 Å². The van der Waals surface area contributed by atoms with Crippen LogP contribution in [0.4, 0.5) is 0 Å². The standard InChI is InChI=1S/C17H36O5Si/c1-5-9-10-11-12-13-14-15-16-17(18)22-23(19-6-2,20-7-3)21-8-4/h5-16H2,1-4H3. The zero-order valence-corrected chi connectivity index (χ0v) is 16.5. The minimum absolute atomic E-state index is 0.280. The molecule has 0 aromatic carbocycles. The summed E-state index contributed by atoms with van der Waals surface area (Å²) in [6.07, 6.45) is 9.97. The van der Waals surface area contributed by atoms with E-state index in [9.17, 15) is 4.79 Å². The third kappa shape index (κ3) is 11.7. The molecule has 138 valence electrons. The van der Waals surface area contributed by atoms with Crippen molar-refractivity contribution in [1.82, 2.24) is 0 Å². The van der Waals surface area contributed by atoms with E-state index in [4.69, 9.17) is 17.7 Å². The van der Waals surface area contributed by atoms with Crippen molar-refractivity contribution in [2.45, 2.75) is 85.5 Å². The molecular formula is C17H36O5Si. The van der Waals surface area contributed by atoms with Gasteiger partial charge in [-0.3, -0.25) is 4.79 Å². The van der Waals surface area contributed by atoms with Gasteiger partial charge in [0, 0.05) is 26.2 Å². The van der Waals surface area contributed by atoms with Crippen molar-refractivity contribution in [3.8, 4) is 0 Å². The third-order valence-electron chi connectivity index (χ3n) is 3.44. The largest absolute Gasteiger partial charge is 0.751 e. The summed E-state index contributed by atoms with van der Waals surface area (Å²) in [4.78, 5) is 12.0. The van der Waals surface area contributed by atoms with E-state index in [-0.39, 0.29) is 5.97 Å². The van der Waals surface area contributed by atoms with Crippen molar-refractivity contribution in [1.29, 1.82) is 0 Å². The molecule has 0 heterocycles. The first kappa shape index (κ1) is 22.6. The van der Waals surface area contributed by atoms with E-state index >= 15 is 0 Å². The van der Waals surface area contributed by atoms with Gasteiger partial charge in [-0.1, -0.05) is 51.9 Å². The second-order valence-corrected chi connectivity index (χ2v) is 7.57. The first-order valence-electron chi connectivity index (χ1n) is 9.27. The number of unbranched alkanes of at least 4 members (excludes halogenated alkanes) is 7. The van der Waals surface area contributed by atoms with Gasteiger partial charge < -0.3 is 17.7 Å². The molecule has 0 saturated carbocycles. The molecule has 0 amide bonds. The summed E-state index contributed by atoms with van der Waals surface area (Å²) < 4.78 is 22.0. The van der Waals surface area contributed by atoms with Crippen LogP contribution in [0.15, 0.2) is 0 Å². The van der Waals surface area contributed by atoms with Crippen molar-refractivity contribution in [2.24, 2.45) is 0 Å². The van der Waals surface area contributed by atoms with Gasteiger partial charge in [-0.2, -0.15) is 0 Å². The fourth-order valence-electron chi connectivity index (χ4n) is 2.34. The van der Waals surface area contributed by atoms with Crippen molar-refractivity contribution < 1.29 is 22.5 Å². The summed E-state index contributed by atoms with van der Waals surface area (Å²) >= 11 is 0. The van der Waals surface area contributed by atoms with E-state index in [1.165, 1.54) is 38.5 Å². The third-order valence-corrected chi connectivity index (χ3v) is 5.84. The van der Waals surface area contributed by atoms with Gasteiger partial charge in [0.2, 0.25) is 0 Å². The van der Waals surface area contributed by atoms with E-state index < -0.39 is 9.05 Å². The van der Waals surface area contributed by atoms with E-state index in [1.54, 1.807) is 0 Å². The van der Waals surface area contributed by atoms with Gasteiger partial charge in [0.15, 0.2) is 0 Å². The minimum atomic E-state index is -3.30. The quantitative estimate of drug-likeness (QED) is 0.301. The van der Waals surface area contributed by atoms with Crippen LogP contribution in [0, 0.1) is 0 Å². The number of hydrogen-bond donors (Lipinski definition) is 0. The summed E-state index contributed by atoms with van der Waals surface area (Å²) in [5.41, 5.74) is 0. The Kier molecular flexibility index (Phi) is 14.8. The van der Waals surface area contributed by atoms with Crippen molar-refractivity contribution in [3.05, 3.63) is 0 Å². The molecule has 0 aromatic heterocycles. The summed E-state index contributed by atoms with van der Waals surface area (Å²) in [7, 11) is -3.30. The Morgan fingerprint density at radius 2 is 1.13 bits per heavy atom. The van der Waals surface area contributed by atoms with Crippen LogP contribution in [0.3, 0.4) is 0 Å². The van der Waals surface area contributed by atoms with E-state index in [2.05, 4.69) is 6.92 Å². The molecule has 5 nitrogen and oxygen atoms in total. The molecule has 0 radical (unpaired) electrons. The van der Waals surface area contributed by atoms with Gasteiger partial charge in [0.05, 0.1) is 0 Å².